The van der Waals surface area contributed by atoms with Gasteiger partial charge < -0.3 is 9.84 Å². The molecule has 4 nitrogen and oxygen atoms in total. The van der Waals surface area contributed by atoms with Crippen molar-refractivity contribution in [1.82, 2.24) is 9.88 Å². The van der Waals surface area contributed by atoms with Gasteiger partial charge in [-0.2, -0.15) is 0 Å². The van der Waals surface area contributed by atoms with Crippen LogP contribution in [0.1, 0.15) is 43.0 Å². The molecule has 2 aromatic carbocycles. The summed E-state index contributed by atoms with van der Waals surface area (Å²) in [6.07, 6.45) is 2.42. The van der Waals surface area contributed by atoms with Crippen molar-refractivity contribution in [1.29, 1.82) is 0 Å². The molecule has 1 saturated heterocycles. The number of fused-ring (bicyclic) bond motifs is 1. The lowest BCUT2D eigenvalue weighted by atomic mass is 9.74. The normalized spacial score (nSPS) is 16.4. The van der Waals surface area contributed by atoms with Gasteiger partial charge in [0, 0.05) is 28.8 Å². The first kappa shape index (κ1) is 26.6. The molecule has 1 aliphatic heterocycles. The number of aliphatic hydroxyl groups is 1. The van der Waals surface area contributed by atoms with E-state index >= 15 is 4.39 Å². The summed E-state index contributed by atoms with van der Waals surface area (Å²) < 4.78 is 34.8. The van der Waals surface area contributed by atoms with Crippen molar-refractivity contribution >= 4 is 34.1 Å². The molecule has 4 rings (SSSR count). The van der Waals surface area contributed by atoms with Crippen molar-refractivity contribution < 1.29 is 18.6 Å². The number of rotatable bonds is 7. The summed E-state index contributed by atoms with van der Waals surface area (Å²) >= 11 is 12.2. The topological polar surface area (TPSA) is 45.6 Å². The number of nitrogens with zero attached hydrogens (tertiary/aromatic N) is 2. The van der Waals surface area contributed by atoms with E-state index in [-0.39, 0.29) is 23.5 Å². The summed E-state index contributed by atoms with van der Waals surface area (Å²) in [5.74, 6) is 6.05. The van der Waals surface area contributed by atoms with Gasteiger partial charge in [0.2, 0.25) is 0 Å². The minimum Gasteiger partial charge on any atom is -0.497 e. The van der Waals surface area contributed by atoms with Crippen LogP contribution in [0.5, 0.6) is 5.75 Å². The Morgan fingerprint density at radius 3 is 2.67 bits per heavy atom. The summed E-state index contributed by atoms with van der Waals surface area (Å²) in [5, 5.41) is 11.5. The molecule has 0 spiro atoms. The summed E-state index contributed by atoms with van der Waals surface area (Å²) in [5.41, 5.74) is 1.03. The van der Waals surface area contributed by atoms with Gasteiger partial charge in [-0.1, -0.05) is 35.0 Å². The molecule has 1 aromatic heterocycles. The summed E-state index contributed by atoms with van der Waals surface area (Å²) in [6.45, 7) is 1.94. The van der Waals surface area contributed by atoms with Gasteiger partial charge in [0.05, 0.1) is 29.8 Å². The highest BCUT2D eigenvalue weighted by atomic mass is 35.5. The van der Waals surface area contributed by atoms with E-state index in [4.69, 9.17) is 27.9 Å². The van der Waals surface area contributed by atoms with Gasteiger partial charge in [0.1, 0.15) is 17.7 Å². The molecule has 3 aromatic rings. The molecule has 0 radical (unpaired) electrons. The molecule has 0 bridgehead atoms. The van der Waals surface area contributed by atoms with E-state index in [2.05, 4.69) is 21.7 Å². The highest BCUT2D eigenvalue weighted by molar-refractivity contribution is 6.32. The van der Waals surface area contributed by atoms with Crippen LogP contribution in [0.3, 0.4) is 0 Å². The Balaban J connectivity index is 1.38. The highest BCUT2D eigenvalue weighted by Gasteiger charge is 2.35. The van der Waals surface area contributed by atoms with Crippen molar-refractivity contribution in [3.05, 3.63) is 69.6 Å². The predicted octanol–water partition coefficient (Wildman–Crippen LogP) is 6.61. The van der Waals surface area contributed by atoms with E-state index in [0.29, 0.717) is 45.8 Å². The maximum atomic E-state index is 15.6. The Hall–Kier alpha value is -2.43. The van der Waals surface area contributed by atoms with Crippen LogP contribution in [0, 0.1) is 23.1 Å². The Bertz CT molecular complexity index is 1280. The minimum atomic E-state index is -1.29. The first-order valence-corrected chi connectivity index (χ1v) is 12.6. The Morgan fingerprint density at radius 1 is 1.19 bits per heavy atom. The molecule has 1 N–H and O–H groups in total. The predicted molar refractivity (Wildman–Crippen MR) is 140 cm³/mol. The maximum Gasteiger partial charge on any atom is 0.140 e. The Morgan fingerprint density at radius 2 is 1.97 bits per heavy atom. The van der Waals surface area contributed by atoms with Gasteiger partial charge in [-0.25, -0.2) is 8.78 Å². The molecule has 0 amide bonds. The molecular weight excluding hydrogens is 505 g/mol. The van der Waals surface area contributed by atoms with Crippen molar-refractivity contribution in [2.24, 2.45) is 5.41 Å². The summed E-state index contributed by atoms with van der Waals surface area (Å²) in [6, 6.07) is 9.76. The van der Waals surface area contributed by atoms with Gasteiger partial charge in [-0.05, 0) is 80.6 Å². The second-order valence-electron chi connectivity index (χ2n) is 9.27. The van der Waals surface area contributed by atoms with E-state index in [1.54, 1.807) is 37.4 Å². The van der Waals surface area contributed by atoms with Crippen LogP contribution in [-0.4, -0.2) is 48.3 Å². The van der Waals surface area contributed by atoms with Gasteiger partial charge in [0.15, 0.2) is 0 Å². The molecule has 1 aliphatic rings. The van der Waals surface area contributed by atoms with Crippen molar-refractivity contribution in [3.63, 3.8) is 0 Å². The number of likely N-dealkylation sites (tertiary alicyclic amines) is 1. The Kier molecular flexibility index (Phi) is 8.69. The number of piperidine rings is 1. The van der Waals surface area contributed by atoms with Crippen LogP contribution in [0.25, 0.3) is 10.9 Å². The molecule has 1 atom stereocenters. The van der Waals surface area contributed by atoms with E-state index < -0.39 is 12.0 Å². The molecular formula is C28H28Cl2F2N2O2. The van der Waals surface area contributed by atoms with Crippen molar-refractivity contribution in [2.75, 3.05) is 33.4 Å². The number of ether oxygens (including phenoxy) is 1. The molecule has 1 fully saturated rings. The van der Waals surface area contributed by atoms with Crippen LogP contribution >= 0.6 is 23.2 Å². The maximum absolute atomic E-state index is 15.6. The largest absolute Gasteiger partial charge is 0.497 e. The molecule has 1 unspecified atom stereocenters. The molecule has 0 saturated carbocycles. The number of methoxy groups -OCH3 is 1. The molecule has 36 heavy (non-hydrogen) atoms. The number of aromatic nitrogens is 1. The SMILES string of the molecule is COc1ccc2ncc(Cl)c(C(F)CCC3(CO)CCN(CC#Cc4ccc(Cl)cc4F)CC3)c2c1. The van der Waals surface area contributed by atoms with E-state index in [1.165, 1.54) is 12.3 Å². The zero-order valence-electron chi connectivity index (χ0n) is 20.0. The van der Waals surface area contributed by atoms with Crippen LogP contribution in [-0.2, 0) is 0 Å². The van der Waals surface area contributed by atoms with Gasteiger partial charge in [-0.15, -0.1) is 0 Å². The average Bonchev–Trinajstić information content (AvgIpc) is 2.89. The van der Waals surface area contributed by atoms with E-state index in [9.17, 15) is 9.50 Å². The quantitative estimate of drug-likeness (QED) is 0.348. The lowest BCUT2D eigenvalue weighted by molar-refractivity contribution is 0.0344. The number of pyridine rings is 1. The molecule has 0 aliphatic carbocycles. The summed E-state index contributed by atoms with van der Waals surface area (Å²) in [4.78, 5) is 6.47. The third-order valence-electron chi connectivity index (χ3n) is 7.02. The second kappa shape index (κ2) is 11.7. The molecule has 190 valence electrons. The number of hydrogen-bond donors (Lipinski definition) is 1. The number of hydrogen-bond acceptors (Lipinski definition) is 4. The first-order valence-electron chi connectivity index (χ1n) is 11.9. The van der Waals surface area contributed by atoms with Gasteiger partial charge >= 0.3 is 0 Å². The zero-order chi connectivity index (χ0) is 25.7. The third-order valence-corrected chi connectivity index (χ3v) is 7.55. The van der Waals surface area contributed by atoms with Crippen molar-refractivity contribution in [2.45, 2.75) is 31.9 Å². The molecule has 2 heterocycles. The summed E-state index contributed by atoms with van der Waals surface area (Å²) in [7, 11) is 1.56. The van der Waals surface area contributed by atoms with Crippen LogP contribution in [0.15, 0.2) is 42.6 Å². The lowest BCUT2D eigenvalue weighted by Crippen LogP contribution is -2.42. The fourth-order valence-electron chi connectivity index (χ4n) is 4.70. The minimum absolute atomic E-state index is 0.00608. The van der Waals surface area contributed by atoms with Crippen LogP contribution in [0.2, 0.25) is 10.0 Å². The number of alkyl halides is 1. The standard InChI is InChI=1S/C28H28Cl2F2N2O2/c1-36-21-6-7-26-22(16-21)27(23(30)17-33-26)24(31)8-9-28(18-35)10-13-34(14-11-28)12-2-3-19-4-5-20(29)15-25(19)32/h4-7,15-17,24,35H,8-14,18H2,1H3. The van der Waals surface area contributed by atoms with E-state index in [0.717, 1.165) is 25.9 Å². The highest BCUT2D eigenvalue weighted by Crippen LogP contribution is 2.41. The molecule has 8 heteroatoms. The van der Waals surface area contributed by atoms with Crippen LogP contribution < -0.4 is 4.74 Å². The lowest BCUT2D eigenvalue weighted by Gasteiger charge is -2.40. The van der Waals surface area contributed by atoms with Gasteiger partial charge in [0.25, 0.3) is 0 Å². The number of aliphatic hydroxyl groups excluding tert-OH is 1. The van der Waals surface area contributed by atoms with Crippen molar-refractivity contribution in [3.8, 4) is 17.6 Å². The fraction of sp³-hybridized carbons (Fsp3) is 0.393. The zero-order valence-corrected chi connectivity index (χ0v) is 21.5. The van der Waals surface area contributed by atoms with E-state index in [1.807, 2.05) is 0 Å². The second-order valence-corrected chi connectivity index (χ2v) is 10.1. The smallest absolute Gasteiger partial charge is 0.140 e. The monoisotopic (exact) mass is 532 g/mol. The number of halogens is 4. The fourth-order valence-corrected chi connectivity index (χ4v) is 5.13. The first-order chi connectivity index (χ1) is 17.3. The average molecular weight is 533 g/mol. The Labute approximate surface area is 220 Å². The van der Waals surface area contributed by atoms with Crippen LogP contribution in [0.4, 0.5) is 8.78 Å². The third kappa shape index (κ3) is 6.10. The van der Waals surface area contributed by atoms with Gasteiger partial charge in [-0.3, -0.25) is 9.88 Å². The number of benzene rings is 2.